The zero-order chi connectivity index (χ0) is 26.0. The quantitative estimate of drug-likeness (QED) is 0.347. The number of fused-ring (bicyclic) bond motifs is 1. The van der Waals surface area contributed by atoms with Gasteiger partial charge in [-0.15, -0.1) is 0 Å². The predicted molar refractivity (Wildman–Crippen MR) is 130 cm³/mol. The van der Waals surface area contributed by atoms with Crippen LogP contribution in [0.2, 0.25) is 0 Å². The molecule has 0 radical (unpaired) electrons. The van der Waals surface area contributed by atoms with E-state index in [4.69, 9.17) is 13.9 Å². The van der Waals surface area contributed by atoms with Crippen molar-refractivity contribution in [2.75, 3.05) is 19.0 Å². The van der Waals surface area contributed by atoms with E-state index in [2.05, 4.69) is 5.32 Å². The minimum absolute atomic E-state index is 0.0505. The molecule has 4 aromatic rings. The predicted octanol–water partition coefficient (Wildman–Crippen LogP) is 6.12. The topological polar surface area (TPSA) is 77.8 Å². The average molecular weight is 497 g/mol. The SMILES string of the molecule is COc1ccc(-c2oc3cc(C)c(C)cc3c(=O)c2OCC(=O)Nc2cccc(C(F)(F)F)c2)cc1. The second kappa shape index (κ2) is 9.77. The van der Waals surface area contributed by atoms with Crippen LogP contribution in [0.5, 0.6) is 11.5 Å². The molecule has 0 aliphatic heterocycles. The van der Waals surface area contributed by atoms with Gasteiger partial charge in [0.1, 0.15) is 11.3 Å². The van der Waals surface area contributed by atoms with E-state index >= 15 is 0 Å². The Hall–Kier alpha value is -4.27. The third-order valence-corrected chi connectivity index (χ3v) is 5.64. The van der Waals surface area contributed by atoms with Gasteiger partial charge in [0, 0.05) is 11.3 Å². The van der Waals surface area contributed by atoms with E-state index in [-0.39, 0.29) is 22.6 Å². The molecular formula is C27H22F3NO5. The van der Waals surface area contributed by atoms with Crippen molar-refractivity contribution in [2.45, 2.75) is 20.0 Å². The number of ether oxygens (including phenoxy) is 2. The number of nitrogens with one attached hydrogen (secondary N) is 1. The lowest BCUT2D eigenvalue weighted by molar-refractivity contribution is -0.137. The zero-order valence-corrected chi connectivity index (χ0v) is 19.7. The summed E-state index contributed by atoms with van der Waals surface area (Å²) in [5, 5.41) is 2.64. The van der Waals surface area contributed by atoms with Crippen LogP contribution in [0.3, 0.4) is 0 Å². The molecule has 1 N–H and O–H groups in total. The highest BCUT2D eigenvalue weighted by Gasteiger charge is 2.30. The molecule has 1 heterocycles. The van der Waals surface area contributed by atoms with E-state index in [9.17, 15) is 22.8 Å². The Morgan fingerprint density at radius 3 is 2.36 bits per heavy atom. The molecule has 0 spiro atoms. The Morgan fingerprint density at radius 2 is 1.69 bits per heavy atom. The number of hydrogen-bond acceptors (Lipinski definition) is 5. The van der Waals surface area contributed by atoms with Crippen LogP contribution in [0.1, 0.15) is 16.7 Å². The molecule has 1 aromatic heterocycles. The summed E-state index contributed by atoms with van der Waals surface area (Å²) in [6.07, 6.45) is -4.55. The summed E-state index contributed by atoms with van der Waals surface area (Å²) in [7, 11) is 1.52. The number of alkyl halides is 3. The lowest BCUT2D eigenvalue weighted by Gasteiger charge is -2.13. The lowest BCUT2D eigenvalue weighted by Crippen LogP contribution is -2.23. The molecule has 4 rings (SSSR count). The van der Waals surface area contributed by atoms with E-state index in [1.165, 1.54) is 19.2 Å². The van der Waals surface area contributed by atoms with E-state index < -0.39 is 29.7 Å². The van der Waals surface area contributed by atoms with E-state index in [1.54, 1.807) is 36.4 Å². The first-order valence-corrected chi connectivity index (χ1v) is 10.9. The van der Waals surface area contributed by atoms with Crippen LogP contribution < -0.4 is 20.2 Å². The van der Waals surface area contributed by atoms with Crippen LogP contribution in [-0.4, -0.2) is 19.6 Å². The molecule has 0 atom stereocenters. The molecule has 1 amide bonds. The number of hydrogen-bond donors (Lipinski definition) is 1. The molecular weight excluding hydrogens is 475 g/mol. The maximum Gasteiger partial charge on any atom is 0.416 e. The fourth-order valence-corrected chi connectivity index (χ4v) is 3.60. The Kier molecular flexibility index (Phi) is 6.74. The molecule has 186 valence electrons. The van der Waals surface area contributed by atoms with Gasteiger partial charge in [0.15, 0.2) is 12.4 Å². The fraction of sp³-hybridized carbons (Fsp3) is 0.185. The van der Waals surface area contributed by atoms with Gasteiger partial charge in [-0.1, -0.05) is 6.07 Å². The Labute approximate surface area is 204 Å². The molecule has 0 saturated heterocycles. The van der Waals surface area contributed by atoms with E-state index in [1.807, 2.05) is 13.8 Å². The molecule has 0 bridgehead atoms. The van der Waals surface area contributed by atoms with Gasteiger partial charge in [-0.2, -0.15) is 13.2 Å². The molecule has 0 aliphatic rings. The summed E-state index contributed by atoms with van der Waals surface area (Å²) < 4.78 is 55.7. The number of aryl methyl sites for hydroxylation is 2. The van der Waals surface area contributed by atoms with Crippen molar-refractivity contribution in [3.8, 4) is 22.8 Å². The third-order valence-electron chi connectivity index (χ3n) is 5.64. The van der Waals surface area contributed by atoms with Crippen molar-refractivity contribution in [2.24, 2.45) is 0 Å². The van der Waals surface area contributed by atoms with Crippen molar-refractivity contribution in [1.82, 2.24) is 0 Å². The van der Waals surface area contributed by atoms with Crippen LogP contribution in [0.25, 0.3) is 22.3 Å². The summed E-state index contributed by atoms with van der Waals surface area (Å²) >= 11 is 0. The van der Waals surface area contributed by atoms with Crippen molar-refractivity contribution in [1.29, 1.82) is 0 Å². The van der Waals surface area contributed by atoms with Crippen LogP contribution >= 0.6 is 0 Å². The highest BCUT2D eigenvalue weighted by atomic mass is 19.4. The largest absolute Gasteiger partial charge is 0.497 e. The minimum atomic E-state index is -4.55. The van der Waals surface area contributed by atoms with Gasteiger partial charge < -0.3 is 19.2 Å². The number of carbonyl (C=O) groups is 1. The summed E-state index contributed by atoms with van der Waals surface area (Å²) in [6, 6.07) is 14.4. The Morgan fingerprint density at radius 1 is 1.00 bits per heavy atom. The first-order chi connectivity index (χ1) is 17.1. The third kappa shape index (κ3) is 5.19. The lowest BCUT2D eigenvalue weighted by atomic mass is 10.0. The molecule has 36 heavy (non-hydrogen) atoms. The highest BCUT2D eigenvalue weighted by Crippen LogP contribution is 2.33. The number of amides is 1. The minimum Gasteiger partial charge on any atom is -0.497 e. The number of rotatable bonds is 6. The summed E-state index contributed by atoms with van der Waals surface area (Å²) in [6.45, 7) is 3.12. The van der Waals surface area contributed by atoms with Gasteiger partial charge >= 0.3 is 6.18 Å². The van der Waals surface area contributed by atoms with Crippen LogP contribution in [0, 0.1) is 13.8 Å². The maximum absolute atomic E-state index is 13.4. The molecule has 0 aliphatic carbocycles. The molecule has 0 saturated carbocycles. The number of halogens is 3. The summed E-state index contributed by atoms with van der Waals surface area (Å²) in [4.78, 5) is 25.9. The maximum atomic E-state index is 13.4. The van der Waals surface area contributed by atoms with Crippen molar-refractivity contribution in [3.05, 3.63) is 87.6 Å². The summed E-state index contributed by atoms with van der Waals surface area (Å²) in [5.74, 6) is -0.216. The summed E-state index contributed by atoms with van der Waals surface area (Å²) in [5.41, 5.74) is 1.25. The number of benzene rings is 3. The van der Waals surface area contributed by atoms with E-state index in [0.717, 1.165) is 23.3 Å². The number of anilines is 1. The number of methoxy groups -OCH3 is 1. The van der Waals surface area contributed by atoms with Crippen molar-refractivity contribution < 1.29 is 31.9 Å². The Balaban J connectivity index is 1.68. The van der Waals surface area contributed by atoms with E-state index in [0.29, 0.717) is 16.9 Å². The van der Waals surface area contributed by atoms with Crippen LogP contribution in [-0.2, 0) is 11.0 Å². The fourth-order valence-electron chi connectivity index (χ4n) is 3.60. The highest BCUT2D eigenvalue weighted by molar-refractivity contribution is 5.92. The van der Waals surface area contributed by atoms with Crippen molar-refractivity contribution in [3.63, 3.8) is 0 Å². The standard InChI is InChI=1S/C27H22F3NO5/c1-15-11-21-22(12-16(15)2)36-25(17-7-9-20(34-3)10-8-17)26(24(21)33)35-14-23(32)31-19-6-4-5-18(13-19)27(28,29)30/h4-13H,14H2,1-3H3,(H,31,32). The molecule has 6 nitrogen and oxygen atoms in total. The van der Waals surface area contributed by atoms with Gasteiger partial charge in [0.25, 0.3) is 5.91 Å². The normalized spacial score (nSPS) is 11.4. The molecule has 0 unspecified atom stereocenters. The second-order valence-electron chi connectivity index (χ2n) is 8.17. The average Bonchev–Trinajstić information content (AvgIpc) is 2.84. The van der Waals surface area contributed by atoms with Crippen LogP contribution in [0.4, 0.5) is 18.9 Å². The van der Waals surface area contributed by atoms with Gasteiger partial charge in [0.05, 0.1) is 18.1 Å². The smallest absolute Gasteiger partial charge is 0.416 e. The molecule has 0 fully saturated rings. The molecule has 9 heteroatoms. The molecule has 3 aromatic carbocycles. The van der Waals surface area contributed by atoms with Gasteiger partial charge in [0.2, 0.25) is 11.2 Å². The van der Waals surface area contributed by atoms with Crippen molar-refractivity contribution >= 4 is 22.6 Å². The monoisotopic (exact) mass is 497 g/mol. The van der Waals surface area contributed by atoms with Gasteiger partial charge in [-0.3, -0.25) is 9.59 Å². The number of carbonyl (C=O) groups excluding carboxylic acids is 1. The Bertz CT molecular complexity index is 1490. The van der Waals surface area contributed by atoms with Gasteiger partial charge in [-0.25, -0.2) is 0 Å². The van der Waals surface area contributed by atoms with Gasteiger partial charge in [-0.05, 0) is 79.6 Å². The second-order valence-corrected chi connectivity index (χ2v) is 8.17. The zero-order valence-electron chi connectivity index (χ0n) is 19.7. The van der Waals surface area contributed by atoms with Crippen LogP contribution in [0.15, 0.2) is 69.9 Å². The first kappa shape index (κ1) is 24.8. The first-order valence-electron chi connectivity index (χ1n) is 10.9.